The lowest BCUT2D eigenvalue weighted by molar-refractivity contribution is -0.384. The van der Waals surface area contributed by atoms with E-state index in [4.69, 9.17) is 11.5 Å². The predicted octanol–water partition coefficient (Wildman–Crippen LogP) is -0.473. The minimum absolute atomic E-state index is 0.0611. The number of aryl methyl sites for hydroxylation is 2. The Morgan fingerprint density at radius 1 is 1.15 bits per heavy atom. The van der Waals surface area contributed by atoms with Crippen molar-refractivity contribution in [1.29, 1.82) is 0 Å². The molecule has 2 amide bonds. The van der Waals surface area contributed by atoms with Crippen molar-refractivity contribution in [2.45, 2.75) is 0 Å². The Kier molecular flexibility index (Phi) is 5.80. The molecular formula is C15H20N8O4. The highest BCUT2D eigenvalue weighted by molar-refractivity contribution is 6.04. The second kappa shape index (κ2) is 8.03. The summed E-state index contributed by atoms with van der Waals surface area (Å²) >= 11 is 0. The van der Waals surface area contributed by atoms with Gasteiger partial charge >= 0.3 is 0 Å². The summed E-state index contributed by atoms with van der Waals surface area (Å²) in [6.45, 7) is 0.491. The lowest BCUT2D eigenvalue weighted by Gasteiger charge is -2.04. The van der Waals surface area contributed by atoms with E-state index in [1.54, 1.807) is 17.8 Å². The standard InChI is InChI=1S/C15H20N8O4/c1-21-7-9(5-11(21)13(24)18-3-4-19-15(16)17)20-14(25)12-6-10(23(26)27)8-22(12)2/h5-8H,3-4H2,1-2H3,(H,18,24)(H,20,25)(H4,16,17,19). The Labute approximate surface area is 154 Å². The molecule has 0 fully saturated rings. The molecular weight excluding hydrogens is 356 g/mol. The van der Waals surface area contributed by atoms with E-state index in [9.17, 15) is 19.7 Å². The Hall–Kier alpha value is -3.83. The van der Waals surface area contributed by atoms with Crippen LogP contribution in [0.25, 0.3) is 0 Å². The lowest BCUT2D eigenvalue weighted by Crippen LogP contribution is -2.29. The summed E-state index contributed by atoms with van der Waals surface area (Å²) in [5.74, 6) is -0.955. The Balaban J connectivity index is 2.05. The molecule has 0 saturated heterocycles. The fourth-order valence-corrected chi connectivity index (χ4v) is 2.37. The maximum absolute atomic E-state index is 12.3. The monoisotopic (exact) mass is 376 g/mol. The highest BCUT2D eigenvalue weighted by Crippen LogP contribution is 2.18. The van der Waals surface area contributed by atoms with Crippen LogP contribution < -0.4 is 22.1 Å². The number of nitrogens with one attached hydrogen (secondary N) is 2. The molecule has 2 aromatic rings. The van der Waals surface area contributed by atoms with E-state index in [-0.39, 0.29) is 36.3 Å². The molecule has 0 aromatic carbocycles. The molecule has 144 valence electrons. The van der Waals surface area contributed by atoms with Crippen LogP contribution in [0, 0.1) is 10.1 Å². The molecule has 0 aliphatic carbocycles. The first-order chi connectivity index (χ1) is 12.7. The highest BCUT2D eigenvalue weighted by Gasteiger charge is 2.19. The van der Waals surface area contributed by atoms with Crippen molar-refractivity contribution in [3.8, 4) is 0 Å². The number of anilines is 1. The van der Waals surface area contributed by atoms with Crippen molar-refractivity contribution >= 4 is 29.1 Å². The Morgan fingerprint density at radius 3 is 2.37 bits per heavy atom. The normalized spacial score (nSPS) is 10.3. The van der Waals surface area contributed by atoms with Gasteiger partial charge in [-0.15, -0.1) is 0 Å². The zero-order chi connectivity index (χ0) is 20.1. The summed E-state index contributed by atoms with van der Waals surface area (Å²) in [6, 6.07) is 2.67. The third-order valence-electron chi connectivity index (χ3n) is 3.62. The first kappa shape index (κ1) is 19.5. The van der Waals surface area contributed by atoms with Gasteiger partial charge in [-0.1, -0.05) is 0 Å². The van der Waals surface area contributed by atoms with Crippen LogP contribution in [0.15, 0.2) is 29.5 Å². The summed E-state index contributed by atoms with van der Waals surface area (Å²) in [7, 11) is 3.18. The molecule has 0 unspecified atom stereocenters. The second-order valence-electron chi connectivity index (χ2n) is 5.69. The van der Waals surface area contributed by atoms with Gasteiger partial charge in [-0.3, -0.25) is 24.7 Å². The van der Waals surface area contributed by atoms with Gasteiger partial charge in [0.25, 0.3) is 17.5 Å². The van der Waals surface area contributed by atoms with Gasteiger partial charge in [0, 0.05) is 32.9 Å². The molecule has 2 heterocycles. The average Bonchev–Trinajstić information content (AvgIpc) is 3.14. The van der Waals surface area contributed by atoms with Gasteiger partial charge in [-0.05, 0) is 6.07 Å². The van der Waals surface area contributed by atoms with E-state index in [1.807, 2.05) is 0 Å². The number of guanidine groups is 1. The van der Waals surface area contributed by atoms with Crippen molar-refractivity contribution in [2.75, 3.05) is 18.4 Å². The molecule has 2 rings (SSSR count). The number of carbonyl (C=O) groups excluding carboxylic acids is 2. The fourth-order valence-electron chi connectivity index (χ4n) is 2.37. The van der Waals surface area contributed by atoms with Gasteiger partial charge in [-0.2, -0.15) is 0 Å². The van der Waals surface area contributed by atoms with E-state index >= 15 is 0 Å². The summed E-state index contributed by atoms with van der Waals surface area (Å²) in [5.41, 5.74) is 11.0. The number of nitro groups is 1. The molecule has 0 saturated carbocycles. The molecule has 12 nitrogen and oxygen atoms in total. The smallest absolute Gasteiger partial charge is 0.287 e. The zero-order valence-corrected chi connectivity index (χ0v) is 14.8. The van der Waals surface area contributed by atoms with Crippen LogP contribution in [0.1, 0.15) is 21.0 Å². The quantitative estimate of drug-likeness (QED) is 0.167. The number of hydrogen-bond donors (Lipinski definition) is 4. The van der Waals surface area contributed by atoms with Crippen molar-refractivity contribution in [1.82, 2.24) is 14.5 Å². The fraction of sp³-hybridized carbons (Fsp3) is 0.267. The number of carbonyl (C=O) groups is 2. The molecule has 0 atom stereocenters. The molecule has 12 heteroatoms. The van der Waals surface area contributed by atoms with Crippen molar-refractivity contribution in [2.24, 2.45) is 30.6 Å². The van der Waals surface area contributed by atoms with Crippen LogP contribution in [0.2, 0.25) is 0 Å². The topological polar surface area (TPSA) is 176 Å². The Bertz CT molecular complexity index is 907. The molecule has 6 N–H and O–H groups in total. The van der Waals surface area contributed by atoms with Gasteiger partial charge in [0.2, 0.25) is 0 Å². The van der Waals surface area contributed by atoms with E-state index in [2.05, 4.69) is 15.6 Å². The van der Waals surface area contributed by atoms with Crippen LogP contribution in [-0.2, 0) is 14.1 Å². The predicted molar refractivity (Wildman–Crippen MR) is 98.4 cm³/mol. The number of aliphatic imine (C=N–C) groups is 1. The first-order valence-corrected chi connectivity index (χ1v) is 7.81. The van der Waals surface area contributed by atoms with Gasteiger partial charge in [0.1, 0.15) is 11.4 Å². The van der Waals surface area contributed by atoms with Crippen LogP contribution >= 0.6 is 0 Å². The third-order valence-corrected chi connectivity index (χ3v) is 3.62. The van der Waals surface area contributed by atoms with Crippen LogP contribution in [0.3, 0.4) is 0 Å². The molecule has 0 bridgehead atoms. The molecule has 2 aromatic heterocycles. The van der Waals surface area contributed by atoms with Crippen LogP contribution in [0.5, 0.6) is 0 Å². The van der Waals surface area contributed by atoms with Gasteiger partial charge < -0.3 is 31.2 Å². The van der Waals surface area contributed by atoms with Gasteiger partial charge in [0.15, 0.2) is 5.96 Å². The van der Waals surface area contributed by atoms with E-state index in [1.165, 1.54) is 29.9 Å². The lowest BCUT2D eigenvalue weighted by atomic mass is 10.3. The van der Waals surface area contributed by atoms with E-state index < -0.39 is 10.8 Å². The van der Waals surface area contributed by atoms with Crippen molar-refractivity contribution in [3.05, 3.63) is 46.0 Å². The molecule has 0 spiro atoms. The second-order valence-corrected chi connectivity index (χ2v) is 5.69. The van der Waals surface area contributed by atoms with Crippen molar-refractivity contribution < 1.29 is 14.5 Å². The Morgan fingerprint density at radius 2 is 1.78 bits per heavy atom. The molecule has 27 heavy (non-hydrogen) atoms. The summed E-state index contributed by atoms with van der Waals surface area (Å²) in [5, 5.41) is 16.1. The highest BCUT2D eigenvalue weighted by atomic mass is 16.6. The maximum Gasteiger partial charge on any atom is 0.287 e. The molecule has 0 aliphatic heterocycles. The van der Waals surface area contributed by atoms with Gasteiger partial charge in [-0.25, -0.2) is 0 Å². The summed E-state index contributed by atoms with van der Waals surface area (Å²) in [6.07, 6.45) is 2.80. The number of hydrogen-bond acceptors (Lipinski definition) is 5. The minimum Gasteiger partial charge on any atom is -0.370 e. The largest absolute Gasteiger partial charge is 0.370 e. The summed E-state index contributed by atoms with van der Waals surface area (Å²) in [4.78, 5) is 38.5. The van der Waals surface area contributed by atoms with E-state index in [0.29, 0.717) is 11.4 Å². The van der Waals surface area contributed by atoms with E-state index in [0.717, 1.165) is 0 Å². The van der Waals surface area contributed by atoms with Crippen molar-refractivity contribution in [3.63, 3.8) is 0 Å². The number of aromatic nitrogens is 2. The number of amides is 2. The average molecular weight is 376 g/mol. The number of nitrogens with two attached hydrogens (primary N) is 2. The first-order valence-electron chi connectivity index (χ1n) is 7.81. The minimum atomic E-state index is -0.579. The third kappa shape index (κ3) is 4.84. The zero-order valence-electron chi connectivity index (χ0n) is 14.8. The van der Waals surface area contributed by atoms with Crippen LogP contribution in [-0.4, -0.2) is 44.9 Å². The number of nitrogens with zero attached hydrogens (tertiary/aromatic N) is 4. The SMILES string of the molecule is Cn1cc(NC(=O)c2cc([N+](=O)[O-])cn2C)cc1C(=O)NCCN=C(N)N. The molecule has 0 radical (unpaired) electrons. The summed E-state index contributed by atoms with van der Waals surface area (Å²) < 4.78 is 2.90. The number of rotatable bonds is 7. The van der Waals surface area contributed by atoms with Gasteiger partial charge in [0.05, 0.1) is 23.4 Å². The molecule has 0 aliphatic rings. The van der Waals surface area contributed by atoms with Crippen LogP contribution in [0.4, 0.5) is 11.4 Å². The maximum atomic E-state index is 12.3.